The first-order chi connectivity index (χ1) is 12.0. The molecule has 2 N–H and O–H groups in total. The number of carbonyl (C=O) groups is 2. The standard InChI is InChI=1S/C18H23N3O4/c1-18(17(23)24,20-16(22)10-13-6-8-25-9-7-13)11-21-12-19-14-4-2-3-5-15(14)21/h2-5,12-13H,6-11H2,1H3,(H,20,22)(H,23,24). The summed E-state index contributed by atoms with van der Waals surface area (Å²) in [6.45, 7) is 2.97. The van der Waals surface area contributed by atoms with Crippen molar-refractivity contribution in [2.45, 2.75) is 38.3 Å². The molecule has 1 aliphatic rings. The number of para-hydroxylation sites is 2. The van der Waals surface area contributed by atoms with Crippen molar-refractivity contribution in [3.8, 4) is 0 Å². The predicted octanol–water partition coefficient (Wildman–Crippen LogP) is 1.81. The van der Waals surface area contributed by atoms with Gasteiger partial charge in [-0.3, -0.25) is 4.79 Å². The van der Waals surface area contributed by atoms with Crippen molar-refractivity contribution in [2.24, 2.45) is 5.92 Å². The van der Waals surface area contributed by atoms with Gasteiger partial charge in [0, 0.05) is 19.6 Å². The van der Waals surface area contributed by atoms with Crippen LogP contribution in [0, 0.1) is 5.92 Å². The van der Waals surface area contributed by atoms with Crippen LogP contribution in [0.15, 0.2) is 30.6 Å². The van der Waals surface area contributed by atoms with Crippen LogP contribution in [0.25, 0.3) is 11.0 Å². The second kappa shape index (κ2) is 7.23. The van der Waals surface area contributed by atoms with E-state index in [2.05, 4.69) is 10.3 Å². The minimum absolute atomic E-state index is 0.113. The van der Waals surface area contributed by atoms with Crippen molar-refractivity contribution in [3.63, 3.8) is 0 Å². The smallest absolute Gasteiger partial charge is 0.331 e. The normalized spacial score (nSPS) is 18.0. The lowest BCUT2D eigenvalue weighted by molar-refractivity contribution is -0.147. The van der Waals surface area contributed by atoms with E-state index in [-0.39, 0.29) is 18.4 Å². The molecule has 1 aromatic heterocycles. The zero-order valence-corrected chi connectivity index (χ0v) is 14.3. The minimum atomic E-state index is -1.40. The Balaban J connectivity index is 1.72. The molecule has 7 heteroatoms. The molecule has 1 aliphatic heterocycles. The highest BCUT2D eigenvalue weighted by Gasteiger charge is 2.36. The van der Waals surface area contributed by atoms with E-state index in [1.807, 2.05) is 24.3 Å². The van der Waals surface area contributed by atoms with E-state index in [1.54, 1.807) is 10.9 Å². The highest BCUT2D eigenvalue weighted by atomic mass is 16.5. The molecule has 7 nitrogen and oxygen atoms in total. The summed E-state index contributed by atoms with van der Waals surface area (Å²) in [7, 11) is 0. The van der Waals surface area contributed by atoms with Crippen LogP contribution in [0.2, 0.25) is 0 Å². The maximum atomic E-state index is 12.4. The number of amides is 1. The van der Waals surface area contributed by atoms with E-state index in [1.165, 1.54) is 6.92 Å². The van der Waals surface area contributed by atoms with Crippen molar-refractivity contribution in [3.05, 3.63) is 30.6 Å². The van der Waals surface area contributed by atoms with E-state index >= 15 is 0 Å². The first-order valence-corrected chi connectivity index (χ1v) is 8.50. The van der Waals surface area contributed by atoms with Gasteiger partial charge >= 0.3 is 5.97 Å². The summed E-state index contributed by atoms with van der Waals surface area (Å²) in [6, 6.07) is 7.51. The third kappa shape index (κ3) is 3.99. The first kappa shape index (κ1) is 17.4. The summed E-state index contributed by atoms with van der Waals surface area (Å²) in [4.78, 5) is 28.5. The number of nitrogens with one attached hydrogen (secondary N) is 1. The number of imidazole rings is 1. The van der Waals surface area contributed by atoms with Gasteiger partial charge in [0.2, 0.25) is 5.91 Å². The van der Waals surface area contributed by atoms with Crippen molar-refractivity contribution < 1.29 is 19.4 Å². The Morgan fingerprint density at radius 1 is 1.36 bits per heavy atom. The number of carbonyl (C=O) groups excluding carboxylic acids is 1. The summed E-state index contributed by atoms with van der Waals surface area (Å²) >= 11 is 0. The summed E-state index contributed by atoms with van der Waals surface area (Å²) in [5, 5.41) is 12.4. The van der Waals surface area contributed by atoms with Gasteiger partial charge in [0.1, 0.15) is 0 Å². The van der Waals surface area contributed by atoms with Gasteiger partial charge < -0.3 is 19.7 Å². The molecule has 0 radical (unpaired) electrons. The van der Waals surface area contributed by atoms with Crippen LogP contribution in [-0.2, 0) is 20.9 Å². The van der Waals surface area contributed by atoms with Gasteiger partial charge in [0.05, 0.1) is 23.9 Å². The van der Waals surface area contributed by atoms with Crippen molar-refractivity contribution in [1.29, 1.82) is 0 Å². The third-order valence-electron chi connectivity index (χ3n) is 4.72. The van der Waals surface area contributed by atoms with Gasteiger partial charge in [0.15, 0.2) is 5.54 Å². The fourth-order valence-electron chi connectivity index (χ4n) is 3.21. The van der Waals surface area contributed by atoms with Crippen LogP contribution in [-0.4, -0.2) is 45.3 Å². The summed E-state index contributed by atoms with van der Waals surface area (Å²) < 4.78 is 7.06. The molecular formula is C18H23N3O4. The molecule has 3 rings (SSSR count). The molecule has 1 aromatic carbocycles. The van der Waals surface area contributed by atoms with Crippen LogP contribution >= 0.6 is 0 Å². The molecule has 1 fully saturated rings. The zero-order chi connectivity index (χ0) is 17.9. The Hall–Kier alpha value is -2.41. The maximum Gasteiger partial charge on any atom is 0.331 e. The molecule has 0 spiro atoms. The number of fused-ring (bicyclic) bond motifs is 1. The number of hydrogen-bond acceptors (Lipinski definition) is 4. The average Bonchev–Trinajstić information content (AvgIpc) is 2.98. The highest BCUT2D eigenvalue weighted by molar-refractivity contribution is 5.87. The fraction of sp³-hybridized carbons (Fsp3) is 0.500. The van der Waals surface area contributed by atoms with E-state index in [0.29, 0.717) is 19.6 Å². The highest BCUT2D eigenvalue weighted by Crippen LogP contribution is 2.20. The SMILES string of the molecule is CC(Cn1cnc2ccccc21)(NC(=O)CC1CCOCC1)C(=O)O. The van der Waals surface area contributed by atoms with Gasteiger partial charge in [-0.15, -0.1) is 0 Å². The fourth-order valence-corrected chi connectivity index (χ4v) is 3.21. The molecule has 1 saturated heterocycles. The van der Waals surface area contributed by atoms with Crippen molar-refractivity contribution in [2.75, 3.05) is 13.2 Å². The third-order valence-corrected chi connectivity index (χ3v) is 4.72. The molecule has 1 amide bonds. The van der Waals surface area contributed by atoms with Crippen LogP contribution < -0.4 is 5.32 Å². The van der Waals surface area contributed by atoms with Gasteiger partial charge in [-0.25, -0.2) is 9.78 Å². The molecule has 134 valence electrons. The van der Waals surface area contributed by atoms with Gasteiger partial charge in [-0.2, -0.15) is 0 Å². The lowest BCUT2D eigenvalue weighted by Crippen LogP contribution is -2.55. The van der Waals surface area contributed by atoms with Crippen LogP contribution in [0.5, 0.6) is 0 Å². The molecule has 0 saturated carbocycles. The van der Waals surface area contributed by atoms with E-state index in [4.69, 9.17) is 4.74 Å². The van der Waals surface area contributed by atoms with Crippen molar-refractivity contribution >= 4 is 22.9 Å². The maximum absolute atomic E-state index is 12.4. The monoisotopic (exact) mass is 345 g/mol. The van der Waals surface area contributed by atoms with Crippen LogP contribution in [0.1, 0.15) is 26.2 Å². The predicted molar refractivity (Wildman–Crippen MR) is 92.1 cm³/mol. The Morgan fingerprint density at radius 3 is 2.80 bits per heavy atom. The lowest BCUT2D eigenvalue weighted by Gasteiger charge is -2.28. The summed E-state index contributed by atoms with van der Waals surface area (Å²) in [5.41, 5.74) is 0.239. The Morgan fingerprint density at radius 2 is 2.08 bits per heavy atom. The number of aromatic nitrogens is 2. The molecule has 0 aliphatic carbocycles. The number of nitrogens with zero attached hydrogens (tertiary/aromatic N) is 2. The Labute approximate surface area is 146 Å². The van der Waals surface area contributed by atoms with E-state index < -0.39 is 11.5 Å². The molecule has 2 heterocycles. The zero-order valence-electron chi connectivity index (χ0n) is 14.3. The molecule has 1 unspecified atom stereocenters. The lowest BCUT2D eigenvalue weighted by atomic mass is 9.95. The van der Waals surface area contributed by atoms with Gasteiger partial charge in [-0.05, 0) is 37.8 Å². The average molecular weight is 345 g/mol. The Kier molecular flexibility index (Phi) is 5.03. The minimum Gasteiger partial charge on any atom is -0.479 e. The van der Waals surface area contributed by atoms with Crippen LogP contribution in [0.3, 0.4) is 0 Å². The molecule has 25 heavy (non-hydrogen) atoms. The molecule has 0 bridgehead atoms. The quantitative estimate of drug-likeness (QED) is 0.833. The number of carboxylic acids is 1. The molecule has 1 atom stereocenters. The molecule has 2 aromatic rings. The summed E-state index contributed by atoms with van der Waals surface area (Å²) in [6.07, 6.45) is 3.61. The number of aliphatic carboxylic acids is 1. The number of benzene rings is 1. The van der Waals surface area contributed by atoms with Gasteiger partial charge in [0.25, 0.3) is 0 Å². The molecular weight excluding hydrogens is 322 g/mol. The second-order valence-corrected chi connectivity index (χ2v) is 6.81. The Bertz CT molecular complexity index is 767. The van der Waals surface area contributed by atoms with E-state index in [9.17, 15) is 14.7 Å². The second-order valence-electron chi connectivity index (χ2n) is 6.81. The number of rotatable bonds is 6. The number of carboxylic acid groups (broad SMARTS) is 1. The number of ether oxygens (including phenoxy) is 1. The van der Waals surface area contributed by atoms with Crippen molar-refractivity contribution in [1.82, 2.24) is 14.9 Å². The van der Waals surface area contributed by atoms with Gasteiger partial charge in [-0.1, -0.05) is 12.1 Å². The number of hydrogen-bond donors (Lipinski definition) is 2. The van der Waals surface area contributed by atoms with Crippen LogP contribution in [0.4, 0.5) is 0 Å². The first-order valence-electron chi connectivity index (χ1n) is 8.50. The summed E-state index contributed by atoms with van der Waals surface area (Å²) in [5.74, 6) is -1.05. The topological polar surface area (TPSA) is 93.5 Å². The van der Waals surface area contributed by atoms with E-state index in [0.717, 1.165) is 23.9 Å². The largest absolute Gasteiger partial charge is 0.479 e.